The highest BCUT2D eigenvalue weighted by atomic mass is 32.3. The molecule has 2 aliphatic heterocycles. The van der Waals surface area contributed by atoms with Crippen molar-refractivity contribution in [3.63, 3.8) is 0 Å². The van der Waals surface area contributed by atoms with E-state index in [-0.39, 0.29) is 48.3 Å². The number of rotatable bonds is 7. The lowest BCUT2D eigenvalue weighted by Gasteiger charge is -2.44. The Hall–Kier alpha value is -2.70. The van der Waals surface area contributed by atoms with Crippen LogP contribution in [-0.4, -0.2) is 99.2 Å². The number of ether oxygens (including phenoxy) is 1. The summed E-state index contributed by atoms with van der Waals surface area (Å²) >= 11 is 0. The molecule has 9 nitrogen and oxygen atoms in total. The monoisotopic (exact) mass is 576 g/mol. The van der Waals surface area contributed by atoms with Crippen LogP contribution in [0.4, 0.5) is 14.9 Å². The summed E-state index contributed by atoms with van der Waals surface area (Å²) in [4.78, 5) is 33.5. The molecular weight excluding hydrogens is 535 g/mol. The van der Waals surface area contributed by atoms with Crippen molar-refractivity contribution in [2.24, 2.45) is 0 Å². The molecular formula is C29H41FN4O5S. The van der Waals surface area contributed by atoms with E-state index in [0.29, 0.717) is 17.8 Å². The van der Waals surface area contributed by atoms with Crippen molar-refractivity contribution in [1.82, 2.24) is 14.7 Å². The molecule has 11 heteroatoms. The zero-order valence-corrected chi connectivity index (χ0v) is 24.6. The molecule has 2 N–H and O–H groups in total. The van der Waals surface area contributed by atoms with Crippen LogP contribution in [0.2, 0.25) is 0 Å². The SMILES string of the molecule is CCN1C[C@@H](C)N(Cc2ccc(N(Cc3ccc(C(=O)OC)cc3F)C(=O)N3CCS(O)(O)CC3)cc2)[C@@H](C)C1. The summed E-state index contributed by atoms with van der Waals surface area (Å²) in [5.74, 6) is -1.01. The lowest BCUT2D eigenvalue weighted by atomic mass is 10.1. The second kappa shape index (κ2) is 12.9. The van der Waals surface area contributed by atoms with E-state index in [9.17, 15) is 18.7 Å². The van der Waals surface area contributed by atoms with Crippen molar-refractivity contribution in [2.45, 2.75) is 45.9 Å². The Bertz CT molecular complexity index is 1180. The van der Waals surface area contributed by atoms with E-state index in [4.69, 9.17) is 0 Å². The van der Waals surface area contributed by atoms with E-state index in [2.05, 4.69) is 35.3 Å². The molecule has 40 heavy (non-hydrogen) atoms. The molecule has 0 aromatic heterocycles. The van der Waals surface area contributed by atoms with Crippen LogP contribution in [0.5, 0.6) is 0 Å². The van der Waals surface area contributed by atoms with Gasteiger partial charge in [0.2, 0.25) is 0 Å². The molecule has 2 fully saturated rings. The van der Waals surface area contributed by atoms with Crippen LogP contribution in [0.3, 0.4) is 0 Å². The molecule has 2 amide bonds. The third kappa shape index (κ3) is 7.13. The number of urea groups is 1. The maximum Gasteiger partial charge on any atom is 0.337 e. The number of hydrogen-bond acceptors (Lipinski definition) is 7. The van der Waals surface area contributed by atoms with E-state index in [0.717, 1.165) is 37.8 Å². The van der Waals surface area contributed by atoms with Gasteiger partial charge in [-0.05, 0) is 50.2 Å². The summed E-state index contributed by atoms with van der Waals surface area (Å²) in [7, 11) is -1.44. The number of nitrogens with zero attached hydrogens (tertiary/aromatic N) is 4. The number of amides is 2. The fourth-order valence-electron chi connectivity index (χ4n) is 5.48. The first-order chi connectivity index (χ1) is 19.0. The first-order valence-corrected chi connectivity index (χ1v) is 15.6. The lowest BCUT2D eigenvalue weighted by Crippen LogP contribution is -2.55. The second-order valence-corrected chi connectivity index (χ2v) is 13.2. The van der Waals surface area contributed by atoms with Gasteiger partial charge in [0.1, 0.15) is 5.82 Å². The van der Waals surface area contributed by atoms with Gasteiger partial charge >= 0.3 is 12.0 Å². The van der Waals surface area contributed by atoms with Crippen LogP contribution in [0.15, 0.2) is 42.5 Å². The highest BCUT2D eigenvalue weighted by Crippen LogP contribution is 2.40. The lowest BCUT2D eigenvalue weighted by molar-refractivity contribution is 0.0356. The Morgan fingerprint density at radius 2 is 1.68 bits per heavy atom. The molecule has 0 radical (unpaired) electrons. The fourth-order valence-corrected chi connectivity index (χ4v) is 6.71. The Kier molecular flexibility index (Phi) is 9.73. The summed E-state index contributed by atoms with van der Waals surface area (Å²) in [5, 5.41) is 0. The highest BCUT2D eigenvalue weighted by molar-refractivity contribution is 8.24. The van der Waals surface area contributed by atoms with Gasteiger partial charge in [-0.3, -0.25) is 18.9 Å². The number of carbonyl (C=O) groups is 2. The van der Waals surface area contributed by atoms with Crippen LogP contribution in [-0.2, 0) is 17.8 Å². The molecule has 2 heterocycles. The third-order valence-corrected chi connectivity index (χ3v) is 9.59. The molecule has 220 valence electrons. The molecule has 0 spiro atoms. The average Bonchev–Trinajstić information content (AvgIpc) is 2.93. The molecule has 2 aromatic rings. The second-order valence-electron chi connectivity index (χ2n) is 10.8. The van der Waals surface area contributed by atoms with Crippen molar-refractivity contribution < 1.29 is 27.8 Å². The molecule has 2 saturated heterocycles. The van der Waals surface area contributed by atoms with E-state index in [1.54, 1.807) is 4.90 Å². The minimum absolute atomic E-state index is 0.0503. The largest absolute Gasteiger partial charge is 0.465 e. The highest BCUT2D eigenvalue weighted by Gasteiger charge is 2.31. The van der Waals surface area contributed by atoms with Gasteiger partial charge in [0, 0.05) is 56.1 Å². The number of likely N-dealkylation sites (N-methyl/N-ethyl adjacent to an activating group) is 1. The van der Waals surface area contributed by atoms with Crippen molar-refractivity contribution >= 4 is 28.3 Å². The van der Waals surface area contributed by atoms with Crippen LogP contribution >= 0.6 is 10.6 Å². The van der Waals surface area contributed by atoms with Crippen molar-refractivity contribution in [3.05, 3.63) is 65.0 Å². The minimum atomic E-state index is -2.68. The van der Waals surface area contributed by atoms with Crippen LogP contribution in [0, 0.1) is 5.82 Å². The number of carbonyl (C=O) groups excluding carboxylic acids is 2. The zero-order valence-electron chi connectivity index (χ0n) is 23.8. The van der Waals surface area contributed by atoms with E-state index >= 15 is 4.39 Å². The predicted octanol–water partition coefficient (Wildman–Crippen LogP) is 4.72. The molecule has 2 aromatic carbocycles. The molecule has 0 unspecified atom stereocenters. The number of methoxy groups -OCH3 is 1. The van der Waals surface area contributed by atoms with E-state index < -0.39 is 22.4 Å². The Morgan fingerprint density at radius 3 is 2.23 bits per heavy atom. The number of anilines is 1. The van der Waals surface area contributed by atoms with Crippen molar-refractivity contribution in [3.8, 4) is 0 Å². The van der Waals surface area contributed by atoms with Crippen molar-refractivity contribution in [2.75, 3.05) is 56.2 Å². The molecule has 0 bridgehead atoms. The van der Waals surface area contributed by atoms with Gasteiger partial charge in [-0.1, -0.05) is 25.1 Å². The summed E-state index contributed by atoms with van der Waals surface area (Å²) in [5.41, 5.74) is 2.08. The van der Waals surface area contributed by atoms with Gasteiger partial charge in [0.15, 0.2) is 0 Å². The van der Waals surface area contributed by atoms with Crippen molar-refractivity contribution in [1.29, 1.82) is 0 Å². The van der Waals surface area contributed by atoms with Gasteiger partial charge in [-0.25, -0.2) is 14.0 Å². The normalized spacial score (nSPS) is 22.5. The van der Waals surface area contributed by atoms with E-state index in [1.807, 2.05) is 24.3 Å². The molecule has 0 saturated carbocycles. The van der Waals surface area contributed by atoms with Gasteiger partial charge in [-0.2, -0.15) is 10.6 Å². The van der Waals surface area contributed by atoms with Gasteiger partial charge in [0.05, 0.1) is 30.7 Å². The maximum absolute atomic E-state index is 15.1. The molecule has 0 aliphatic carbocycles. The maximum atomic E-state index is 15.1. The zero-order chi connectivity index (χ0) is 29.0. The number of esters is 1. The number of piperazine rings is 1. The first kappa shape index (κ1) is 30.3. The fraction of sp³-hybridized carbons (Fsp3) is 0.517. The van der Waals surface area contributed by atoms with Gasteiger partial charge in [-0.15, -0.1) is 0 Å². The summed E-state index contributed by atoms with van der Waals surface area (Å²) in [6.45, 7) is 11.0. The topological polar surface area (TPSA) is 96.8 Å². The number of halogens is 1. The average molecular weight is 577 g/mol. The number of hydrogen-bond donors (Lipinski definition) is 2. The van der Waals surface area contributed by atoms with Crippen LogP contribution in [0.25, 0.3) is 0 Å². The standard InChI is InChI=1S/C29H41FN4O5S/c1-5-31-17-21(2)33(22(3)18-31)19-23-6-10-26(11-7-23)34(29(36)32-12-14-40(37,38)15-13-32)20-25-9-8-24(16-27(25)30)28(35)39-4/h6-11,16,21-22,37-38H,5,12-15,17-20H2,1-4H3/t21-,22+. The Morgan fingerprint density at radius 1 is 1.05 bits per heavy atom. The molecule has 2 aliphatic rings. The summed E-state index contributed by atoms with van der Waals surface area (Å²) < 4.78 is 39.8. The number of benzene rings is 2. The third-order valence-electron chi connectivity index (χ3n) is 7.92. The van der Waals surface area contributed by atoms with Gasteiger partial charge in [0.25, 0.3) is 0 Å². The summed E-state index contributed by atoms with van der Waals surface area (Å²) in [6.07, 6.45) is 0. The molecule has 2 atom stereocenters. The Balaban J connectivity index is 1.56. The summed E-state index contributed by atoms with van der Waals surface area (Å²) in [6, 6.07) is 12.4. The van der Waals surface area contributed by atoms with Crippen LogP contribution < -0.4 is 4.90 Å². The van der Waals surface area contributed by atoms with Gasteiger partial charge < -0.3 is 14.5 Å². The Labute approximate surface area is 237 Å². The van der Waals surface area contributed by atoms with E-state index in [1.165, 1.54) is 24.1 Å². The minimum Gasteiger partial charge on any atom is -0.465 e. The molecule has 4 rings (SSSR count). The van der Waals surface area contributed by atoms with Crippen LogP contribution in [0.1, 0.15) is 42.3 Å². The predicted molar refractivity (Wildman–Crippen MR) is 156 cm³/mol. The quantitative estimate of drug-likeness (QED) is 0.461. The smallest absolute Gasteiger partial charge is 0.337 e. The first-order valence-electron chi connectivity index (χ1n) is 13.7.